The molecule has 1 saturated heterocycles. The highest BCUT2D eigenvalue weighted by atomic mass is 16.8. The van der Waals surface area contributed by atoms with E-state index in [-0.39, 0.29) is 77.5 Å². The first kappa shape index (κ1) is 39.0. The molecular weight excluding hydrogens is 630 g/mol. The number of methoxy groups -OCH3 is 6. The van der Waals surface area contributed by atoms with Crippen molar-refractivity contribution in [2.45, 2.75) is 132 Å². The van der Waals surface area contributed by atoms with Crippen molar-refractivity contribution in [3.05, 3.63) is 12.2 Å². The second-order valence-electron chi connectivity index (χ2n) is 15.6. The molecule has 12 unspecified atom stereocenters. The number of allylic oxidation sites excluding steroid dienone is 2. The van der Waals surface area contributed by atoms with Gasteiger partial charge in [-0.25, -0.2) is 0 Å². The van der Waals surface area contributed by atoms with Crippen LogP contribution < -0.4 is 10.6 Å². The molecule has 12 nitrogen and oxygen atoms in total. The standard InChI is InChI=1S/C37H65N3O9/c1-40(2,49-32-17-23(11-15-29(32)43-4)9-10-24-18-33(45-6)35(47-8)34(19-24)46-7)22-48-30-16-12-25(20-31(30)44-5)36-38-28-14-13-26(42-3)21-27(28)37(41)39-36/h9-10,23-36,38H,11-22H2,1-8H3/p+1. The van der Waals surface area contributed by atoms with Gasteiger partial charge in [-0.15, -0.1) is 0 Å². The molecular formula is C37H66N3O9+. The van der Waals surface area contributed by atoms with Crippen molar-refractivity contribution in [2.24, 2.45) is 23.7 Å². The van der Waals surface area contributed by atoms with Gasteiger partial charge in [0.25, 0.3) is 0 Å². The van der Waals surface area contributed by atoms with Gasteiger partial charge in [0.1, 0.15) is 26.3 Å². The summed E-state index contributed by atoms with van der Waals surface area (Å²) in [6.07, 6.45) is 14.9. The molecule has 0 aromatic carbocycles. The number of rotatable bonds is 14. The molecule has 0 spiro atoms. The third-order valence-corrected chi connectivity index (χ3v) is 12.1. The van der Waals surface area contributed by atoms with E-state index in [1.165, 1.54) is 0 Å². The predicted octanol–water partition coefficient (Wildman–Crippen LogP) is 3.58. The Hall–Kier alpha value is -1.19. The Bertz CT molecular complexity index is 1050. The highest BCUT2D eigenvalue weighted by Crippen LogP contribution is 2.37. The van der Waals surface area contributed by atoms with Gasteiger partial charge in [0.15, 0.2) is 0 Å². The van der Waals surface area contributed by atoms with Crippen molar-refractivity contribution in [1.29, 1.82) is 0 Å². The summed E-state index contributed by atoms with van der Waals surface area (Å²) < 4.78 is 41.5. The lowest BCUT2D eigenvalue weighted by Gasteiger charge is -2.46. The topological polar surface area (TPSA) is 115 Å². The van der Waals surface area contributed by atoms with E-state index in [1.54, 1.807) is 42.7 Å². The molecule has 5 rings (SSSR count). The number of hydroxylamine groups is 3. The van der Waals surface area contributed by atoms with Crippen LogP contribution in [0.3, 0.4) is 0 Å². The Morgan fingerprint density at radius 1 is 0.653 bits per heavy atom. The maximum Gasteiger partial charge on any atom is 0.226 e. The van der Waals surface area contributed by atoms with Gasteiger partial charge >= 0.3 is 0 Å². The first-order valence-corrected chi connectivity index (χ1v) is 18.7. The van der Waals surface area contributed by atoms with Crippen LogP contribution in [0.2, 0.25) is 0 Å². The number of hydrogen-bond acceptors (Lipinski definition) is 10. The number of amides is 1. The maximum absolute atomic E-state index is 13.1. The Balaban J connectivity index is 1.11. The van der Waals surface area contributed by atoms with Crippen LogP contribution in [0.4, 0.5) is 0 Å². The number of ether oxygens (including phenoxy) is 7. The van der Waals surface area contributed by atoms with Crippen LogP contribution in [0.25, 0.3) is 0 Å². The number of carbonyl (C=O) groups excluding carboxylic acids is 1. The molecule has 0 radical (unpaired) electrons. The van der Waals surface area contributed by atoms with Crippen LogP contribution in [0.15, 0.2) is 12.2 Å². The average molecular weight is 697 g/mol. The molecule has 4 aliphatic carbocycles. The van der Waals surface area contributed by atoms with Crippen LogP contribution in [0.1, 0.15) is 70.6 Å². The monoisotopic (exact) mass is 696 g/mol. The fraction of sp³-hybridized carbons (Fsp3) is 0.919. The summed E-state index contributed by atoms with van der Waals surface area (Å²) in [5.41, 5.74) is 0. The van der Waals surface area contributed by atoms with Gasteiger partial charge in [0.05, 0.1) is 48.7 Å². The number of carbonyl (C=O) groups is 1. The minimum Gasteiger partial charge on any atom is -0.381 e. The first-order chi connectivity index (χ1) is 23.6. The zero-order valence-electron chi connectivity index (χ0n) is 31.3. The van der Waals surface area contributed by atoms with Crippen LogP contribution in [-0.4, -0.2) is 135 Å². The van der Waals surface area contributed by atoms with E-state index in [0.29, 0.717) is 24.5 Å². The van der Waals surface area contributed by atoms with Crippen molar-refractivity contribution < 1.29 is 47.4 Å². The number of nitrogens with one attached hydrogen (secondary N) is 2. The van der Waals surface area contributed by atoms with Crippen molar-refractivity contribution >= 4 is 5.91 Å². The Labute approximate surface area is 294 Å². The lowest BCUT2D eigenvalue weighted by Crippen LogP contribution is -2.66. The van der Waals surface area contributed by atoms with E-state index >= 15 is 0 Å². The molecule has 12 heteroatoms. The van der Waals surface area contributed by atoms with Crippen LogP contribution in [0.5, 0.6) is 0 Å². The lowest BCUT2D eigenvalue weighted by molar-refractivity contribution is -1.10. The van der Waals surface area contributed by atoms with Crippen LogP contribution in [0, 0.1) is 23.7 Å². The maximum atomic E-state index is 13.1. The summed E-state index contributed by atoms with van der Waals surface area (Å²) in [4.78, 5) is 19.8. The zero-order valence-corrected chi connectivity index (χ0v) is 31.3. The van der Waals surface area contributed by atoms with Crippen LogP contribution >= 0.6 is 0 Å². The molecule has 1 aliphatic heterocycles. The third kappa shape index (κ3) is 9.82. The van der Waals surface area contributed by atoms with Gasteiger partial charge in [0, 0.05) is 48.7 Å². The molecule has 0 aromatic rings. The van der Waals surface area contributed by atoms with E-state index in [1.807, 2.05) is 0 Å². The minimum absolute atomic E-state index is 0.0170. The average Bonchev–Trinajstić information content (AvgIpc) is 3.12. The smallest absolute Gasteiger partial charge is 0.226 e. The van der Waals surface area contributed by atoms with Gasteiger partial charge in [-0.1, -0.05) is 12.2 Å². The molecule has 49 heavy (non-hydrogen) atoms. The summed E-state index contributed by atoms with van der Waals surface area (Å²) in [5.74, 6) is 1.21. The van der Waals surface area contributed by atoms with E-state index in [2.05, 4.69) is 36.9 Å². The van der Waals surface area contributed by atoms with Crippen molar-refractivity contribution in [2.75, 3.05) is 63.5 Å². The fourth-order valence-corrected chi connectivity index (χ4v) is 9.29. The Morgan fingerprint density at radius 2 is 1.31 bits per heavy atom. The van der Waals surface area contributed by atoms with Gasteiger partial charge in [-0.05, 0) is 88.4 Å². The van der Waals surface area contributed by atoms with Gasteiger partial charge in [-0.3, -0.25) is 10.1 Å². The predicted molar refractivity (Wildman–Crippen MR) is 184 cm³/mol. The molecule has 12 atom stereocenters. The fourth-order valence-electron chi connectivity index (χ4n) is 9.29. The normalized spacial score (nSPS) is 42.2. The van der Waals surface area contributed by atoms with Crippen molar-refractivity contribution in [3.63, 3.8) is 0 Å². The Kier molecular flexibility index (Phi) is 14.4. The van der Waals surface area contributed by atoms with E-state index in [0.717, 1.165) is 70.6 Å². The number of quaternary nitrogens is 1. The summed E-state index contributed by atoms with van der Waals surface area (Å²) in [6, 6.07) is 0.211. The molecule has 282 valence electrons. The second kappa shape index (κ2) is 18.0. The van der Waals surface area contributed by atoms with Crippen molar-refractivity contribution in [3.8, 4) is 0 Å². The van der Waals surface area contributed by atoms with Crippen LogP contribution in [-0.2, 0) is 42.8 Å². The van der Waals surface area contributed by atoms with E-state index in [4.69, 9.17) is 38.0 Å². The largest absolute Gasteiger partial charge is 0.381 e. The molecule has 2 N–H and O–H groups in total. The lowest BCUT2D eigenvalue weighted by atomic mass is 9.77. The molecule has 5 fully saturated rings. The van der Waals surface area contributed by atoms with Gasteiger partial charge < -0.3 is 38.5 Å². The summed E-state index contributed by atoms with van der Waals surface area (Å²) in [5, 5.41) is 7.06. The molecule has 1 heterocycles. The SMILES string of the molecule is COC1CCC2NC(C3CCC(OC[N+](C)(C)OC4CC(C=CC5CC(OC)C(OC)C(OC)C5)CCC4OC)C(OC)C3)NC(=O)C2C1. The molecule has 4 saturated carbocycles. The minimum atomic E-state index is -0.0512. The molecule has 5 aliphatic rings. The summed E-state index contributed by atoms with van der Waals surface area (Å²) >= 11 is 0. The highest BCUT2D eigenvalue weighted by molar-refractivity contribution is 5.80. The third-order valence-electron chi connectivity index (χ3n) is 12.1. The Morgan fingerprint density at radius 3 is 1.96 bits per heavy atom. The number of nitrogens with zero attached hydrogens (tertiary/aromatic N) is 1. The highest BCUT2D eigenvalue weighted by Gasteiger charge is 2.45. The first-order valence-electron chi connectivity index (χ1n) is 18.7. The summed E-state index contributed by atoms with van der Waals surface area (Å²) in [7, 11) is 14.6. The second-order valence-corrected chi connectivity index (χ2v) is 15.6. The number of hydrogen-bond donors (Lipinski definition) is 2. The molecule has 0 bridgehead atoms. The molecule has 1 amide bonds. The quantitative estimate of drug-likeness (QED) is 0.121. The molecule has 0 aromatic heterocycles. The zero-order chi connectivity index (χ0) is 35.1. The van der Waals surface area contributed by atoms with E-state index in [9.17, 15) is 4.79 Å². The van der Waals surface area contributed by atoms with E-state index < -0.39 is 0 Å². The summed E-state index contributed by atoms with van der Waals surface area (Å²) in [6.45, 7) is 0.408. The van der Waals surface area contributed by atoms with Gasteiger partial charge in [0.2, 0.25) is 12.6 Å². The van der Waals surface area contributed by atoms with Gasteiger partial charge in [-0.2, -0.15) is 9.48 Å². The van der Waals surface area contributed by atoms with Crippen molar-refractivity contribution in [1.82, 2.24) is 10.6 Å². The number of fused-ring (bicyclic) bond motifs is 1.